The highest BCUT2D eigenvalue weighted by Gasteiger charge is 2.52. The maximum absolute atomic E-state index is 12.2. The standard InChI is InChI=1S/C19H25N3O3/c1-13-8-16(13)18(24)22-11-19(12-22)5-2-14(10-25-19)9-21-17(23)15-3-6-20-7-4-15/h3-4,6-7,13-14,16H,2,5,8-12H2,1H3,(H,21,23)/t13-,14+,16+/m1/s1. The molecule has 2 aliphatic heterocycles. The molecule has 25 heavy (non-hydrogen) atoms. The van der Waals surface area contributed by atoms with E-state index in [-0.39, 0.29) is 17.4 Å². The zero-order valence-corrected chi connectivity index (χ0v) is 14.6. The average Bonchev–Trinajstić information content (AvgIpc) is 3.35. The molecular formula is C19H25N3O3. The third-order valence-corrected chi connectivity index (χ3v) is 5.82. The van der Waals surface area contributed by atoms with E-state index in [0.717, 1.165) is 32.4 Å². The minimum Gasteiger partial charge on any atom is -0.371 e. The fourth-order valence-corrected chi connectivity index (χ4v) is 3.88. The van der Waals surface area contributed by atoms with Crippen LogP contribution in [0.5, 0.6) is 0 Å². The van der Waals surface area contributed by atoms with Crippen molar-refractivity contribution in [3.05, 3.63) is 30.1 Å². The van der Waals surface area contributed by atoms with Crippen molar-refractivity contribution in [3.63, 3.8) is 0 Å². The first kappa shape index (κ1) is 16.5. The first-order chi connectivity index (χ1) is 12.1. The van der Waals surface area contributed by atoms with Gasteiger partial charge in [0.15, 0.2) is 0 Å². The zero-order chi connectivity index (χ0) is 17.4. The molecule has 134 valence electrons. The predicted octanol–water partition coefficient (Wildman–Crippen LogP) is 1.47. The summed E-state index contributed by atoms with van der Waals surface area (Å²) in [4.78, 5) is 30.2. The molecule has 0 unspecified atom stereocenters. The van der Waals surface area contributed by atoms with Crippen molar-refractivity contribution in [3.8, 4) is 0 Å². The zero-order valence-electron chi connectivity index (χ0n) is 14.6. The van der Waals surface area contributed by atoms with Crippen LogP contribution < -0.4 is 5.32 Å². The molecular weight excluding hydrogens is 318 g/mol. The Labute approximate surface area is 147 Å². The molecule has 0 aromatic carbocycles. The second kappa shape index (κ2) is 6.41. The lowest BCUT2D eigenvalue weighted by molar-refractivity contribution is -0.189. The fourth-order valence-electron chi connectivity index (χ4n) is 3.88. The minimum absolute atomic E-state index is 0.0679. The number of aromatic nitrogens is 1. The summed E-state index contributed by atoms with van der Waals surface area (Å²) in [5, 5.41) is 2.98. The van der Waals surface area contributed by atoms with Gasteiger partial charge < -0.3 is 15.0 Å². The van der Waals surface area contributed by atoms with Crippen molar-refractivity contribution < 1.29 is 14.3 Å². The lowest BCUT2D eigenvalue weighted by Gasteiger charge is -2.53. The molecule has 6 heteroatoms. The van der Waals surface area contributed by atoms with Gasteiger partial charge in [0.25, 0.3) is 5.91 Å². The molecule has 3 fully saturated rings. The van der Waals surface area contributed by atoms with E-state index in [1.807, 2.05) is 4.90 Å². The van der Waals surface area contributed by atoms with E-state index in [2.05, 4.69) is 17.2 Å². The summed E-state index contributed by atoms with van der Waals surface area (Å²) in [5.74, 6) is 1.40. The number of hydrogen-bond donors (Lipinski definition) is 1. The van der Waals surface area contributed by atoms with E-state index in [1.54, 1.807) is 24.5 Å². The normalized spacial score (nSPS) is 29.8. The van der Waals surface area contributed by atoms with Gasteiger partial charge in [-0.05, 0) is 43.2 Å². The molecule has 1 spiro atoms. The van der Waals surface area contributed by atoms with E-state index >= 15 is 0 Å². The number of carbonyl (C=O) groups is 2. The third kappa shape index (κ3) is 3.40. The molecule has 6 nitrogen and oxygen atoms in total. The molecule has 1 saturated carbocycles. The van der Waals surface area contributed by atoms with Gasteiger partial charge in [-0.15, -0.1) is 0 Å². The van der Waals surface area contributed by atoms with Crippen LogP contribution >= 0.6 is 0 Å². The molecule has 1 aliphatic carbocycles. The van der Waals surface area contributed by atoms with Crippen LogP contribution in [-0.2, 0) is 9.53 Å². The highest BCUT2D eigenvalue weighted by Crippen LogP contribution is 2.43. The van der Waals surface area contributed by atoms with Crippen molar-refractivity contribution in [1.82, 2.24) is 15.2 Å². The number of ether oxygens (including phenoxy) is 1. The Balaban J connectivity index is 1.19. The lowest BCUT2D eigenvalue weighted by atomic mass is 9.82. The van der Waals surface area contributed by atoms with Crippen LogP contribution in [0.4, 0.5) is 0 Å². The van der Waals surface area contributed by atoms with E-state index < -0.39 is 0 Å². The lowest BCUT2D eigenvalue weighted by Crippen LogP contribution is -2.66. The topological polar surface area (TPSA) is 71.5 Å². The SMILES string of the molecule is C[C@@H]1C[C@@H]1C(=O)N1CC2(CC[C@@H](CNC(=O)c3ccncc3)CO2)C1. The molecule has 2 amide bonds. The molecule has 4 rings (SSSR count). The van der Waals surface area contributed by atoms with Crippen LogP contribution in [0.1, 0.15) is 36.5 Å². The molecule has 1 aromatic heterocycles. The largest absolute Gasteiger partial charge is 0.371 e. The van der Waals surface area contributed by atoms with Crippen LogP contribution in [0.15, 0.2) is 24.5 Å². The summed E-state index contributed by atoms with van der Waals surface area (Å²) in [7, 11) is 0. The minimum atomic E-state index is -0.126. The van der Waals surface area contributed by atoms with Gasteiger partial charge in [-0.1, -0.05) is 6.92 Å². The maximum atomic E-state index is 12.2. The first-order valence-corrected chi connectivity index (χ1v) is 9.17. The van der Waals surface area contributed by atoms with E-state index in [1.165, 1.54) is 0 Å². The van der Waals surface area contributed by atoms with E-state index in [9.17, 15) is 9.59 Å². The Morgan fingerprint density at radius 1 is 1.36 bits per heavy atom. The van der Waals surface area contributed by atoms with Crippen LogP contribution in [0.3, 0.4) is 0 Å². The highest BCUT2D eigenvalue weighted by atomic mass is 16.5. The number of carbonyl (C=O) groups excluding carboxylic acids is 2. The van der Waals surface area contributed by atoms with Gasteiger partial charge in [-0.2, -0.15) is 0 Å². The maximum Gasteiger partial charge on any atom is 0.251 e. The monoisotopic (exact) mass is 343 g/mol. The number of pyridine rings is 1. The summed E-state index contributed by atoms with van der Waals surface area (Å²) < 4.78 is 6.10. The third-order valence-electron chi connectivity index (χ3n) is 5.82. The number of hydrogen-bond acceptors (Lipinski definition) is 4. The van der Waals surface area contributed by atoms with Gasteiger partial charge >= 0.3 is 0 Å². The van der Waals surface area contributed by atoms with Crippen LogP contribution in [-0.4, -0.2) is 53.5 Å². The summed E-state index contributed by atoms with van der Waals surface area (Å²) in [6.07, 6.45) is 6.27. The highest BCUT2D eigenvalue weighted by molar-refractivity contribution is 5.93. The van der Waals surface area contributed by atoms with Crippen molar-refractivity contribution >= 4 is 11.8 Å². The Morgan fingerprint density at radius 3 is 2.68 bits per heavy atom. The molecule has 0 bridgehead atoms. The molecule has 1 N–H and O–H groups in total. The van der Waals surface area contributed by atoms with Crippen molar-refractivity contribution in [2.24, 2.45) is 17.8 Å². The number of nitrogens with one attached hydrogen (secondary N) is 1. The molecule has 3 atom stereocenters. The average molecular weight is 343 g/mol. The Kier molecular flexibility index (Phi) is 4.23. The summed E-state index contributed by atoms with van der Waals surface area (Å²) in [5.41, 5.74) is 0.505. The summed E-state index contributed by atoms with van der Waals surface area (Å²) >= 11 is 0. The predicted molar refractivity (Wildman–Crippen MR) is 91.8 cm³/mol. The van der Waals surface area contributed by atoms with Gasteiger partial charge in [-0.3, -0.25) is 14.6 Å². The van der Waals surface area contributed by atoms with Crippen LogP contribution in [0, 0.1) is 17.8 Å². The second-order valence-corrected chi connectivity index (χ2v) is 7.86. The first-order valence-electron chi connectivity index (χ1n) is 9.17. The molecule has 0 radical (unpaired) electrons. The fraction of sp³-hybridized carbons (Fsp3) is 0.632. The molecule has 1 aromatic rings. The smallest absolute Gasteiger partial charge is 0.251 e. The van der Waals surface area contributed by atoms with E-state index in [0.29, 0.717) is 36.5 Å². The van der Waals surface area contributed by atoms with E-state index in [4.69, 9.17) is 4.74 Å². The van der Waals surface area contributed by atoms with Crippen molar-refractivity contribution in [2.75, 3.05) is 26.2 Å². The van der Waals surface area contributed by atoms with Crippen LogP contribution in [0.25, 0.3) is 0 Å². The van der Waals surface area contributed by atoms with Crippen LogP contribution in [0.2, 0.25) is 0 Å². The number of rotatable bonds is 4. The number of amides is 2. The number of nitrogens with zero attached hydrogens (tertiary/aromatic N) is 2. The second-order valence-electron chi connectivity index (χ2n) is 7.86. The van der Waals surface area contributed by atoms with Gasteiger partial charge in [0.2, 0.25) is 5.91 Å². The Morgan fingerprint density at radius 2 is 2.08 bits per heavy atom. The molecule has 2 saturated heterocycles. The van der Waals surface area contributed by atoms with Gasteiger partial charge in [0, 0.05) is 30.4 Å². The van der Waals surface area contributed by atoms with Gasteiger partial charge in [0.1, 0.15) is 5.60 Å². The Hall–Kier alpha value is -1.95. The van der Waals surface area contributed by atoms with Gasteiger partial charge in [-0.25, -0.2) is 0 Å². The molecule has 3 heterocycles. The van der Waals surface area contributed by atoms with Crippen molar-refractivity contribution in [1.29, 1.82) is 0 Å². The Bertz CT molecular complexity index is 647. The quantitative estimate of drug-likeness (QED) is 0.899. The number of likely N-dealkylation sites (tertiary alicyclic amines) is 1. The van der Waals surface area contributed by atoms with Crippen molar-refractivity contribution in [2.45, 2.75) is 31.8 Å². The summed E-state index contributed by atoms with van der Waals surface area (Å²) in [6.45, 7) is 4.90. The van der Waals surface area contributed by atoms with Gasteiger partial charge in [0.05, 0.1) is 19.7 Å². The summed E-state index contributed by atoms with van der Waals surface area (Å²) in [6, 6.07) is 3.42. The molecule has 3 aliphatic rings.